The molecule has 6 nitrogen and oxygen atoms in total. The summed E-state index contributed by atoms with van der Waals surface area (Å²) in [4.78, 5) is 16.3. The number of nitrogens with one attached hydrogen (secondary N) is 1. The maximum absolute atomic E-state index is 12.2. The van der Waals surface area contributed by atoms with Crippen molar-refractivity contribution < 1.29 is 14.3 Å². The number of carbonyl (C=O) groups is 1. The number of amides is 1. The average molecular weight is 293 g/mol. The maximum Gasteiger partial charge on any atom is 0.241 e. The summed E-state index contributed by atoms with van der Waals surface area (Å²) in [6.45, 7) is 3.72. The molecule has 0 radical (unpaired) electrons. The van der Waals surface area contributed by atoms with Crippen molar-refractivity contribution in [1.29, 1.82) is 0 Å². The second kappa shape index (κ2) is 7.17. The van der Waals surface area contributed by atoms with Crippen molar-refractivity contribution >= 4 is 11.6 Å². The molecule has 1 aliphatic heterocycles. The largest absolute Gasteiger partial charge is 0.497 e. The Balaban J connectivity index is 1.91. The Hall–Kier alpha value is -1.95. The molecule has 0 bridgehead atoms. The van der Waals surface area contributed by atoms with Gasteiger partial charge < -0.3 is 24.6 Å². The lowest BCUT2D eigenvalue weighted by Crippen LogP contribution is -2.48. The Morgan fingerprint density at radius 1 is 1.10 bits per heavy atom. The number of rotatable bonds is 5. The fraction of sp³-hybridized carbons (Fsp3) is 0.533. The number of hydrogen-bond acceptors (Lipinski definition) is 5. The lowest BCUT2D eigenvalue weighted by atomic mass is 10.2. The number of carbonyl (C=O) groups excluding carboxylic acids is 1. The molecule has 0 aromatic heterocycles. The van der Waals surface area contributed by atoms with Crippen LogP contribution >= 0.6 is 0 Å². The number of ether oxygens (including phenoxy) is 2. The lowest BCUT2D eigenvalue weighted by Gasteiger charge is -2.32. The Labute approximate surface area is 125 Å². The summed E-state index contributed by atoms with van der Waals surface area (Å²) in [5.41, 5.74) is 0.814. The summed E-state index contributed by atoms with van der Waals surface area (Å²) in [6, 6.07) is 5.49. The molecule has 1 aromatic carbocycles. The normalized spacial score (nSPS) is 15.7. The van der Waals surface area contributed by atoms with E-state index in [1.165, 1.54) is 0 Å². The minimum atomic E-state index is 0.116. The molecule has 0 unspecified atom stereocenters. The van der Waals surface area contributed by atoms with Crippen molar-refractivity contribution in [1.82, 2.24) is 9.80 Å². The number of nitrogens with zero attached hydrogens (tertiary/aromatic N) is 2. The van der Waals surface area contributed by atoms with Crippen molar-refractivity contribution in [2.75, 3.05) is 59.3 Å². The Bertz CT molecular complexity index is 463. The molecule has 1 aliphatic rings. The Morgan fingerprint density at radius 3 is 2.19 bits per heavy atom. The van der Waals surface area contributed by atoms with Crippen LogP contribution in [0.5, 0.6) is 11.5 Å². The van der Waals surface area contributed by atoms with Gasteiger partial charge in [0.05, 0.1) is 20.8 Å². The van der Waals surface area contributed by atoms with Gasteiger partial charge in [0.15, 0.2) is 0 Å². The van der Waals surface area contributed by atoms with Gasteiger partial charge in [0.2, 0.25) is 5.91 Å². The summed E-state index contributed by atoms with van der Waals surface area (Å²) in [6.07, 6.45) is 0. The van der Waals surface area contributed by atoms with Crippen LogP contribution in [0.2, 0.25) is 0 Å². The molecule has 0 atom stereocenters. The van der Waals surface area contributed by atoms with E-state index in [0.717, 1.165) is 31.9 Å². The van der Waals surface area contributed by atoms with Gasteiger partial charge in [0.25, 0.3) is 0 Å². The number of benzene rings is 1. The summed E-state index contributed by atoms with van der Waals surface area (Å²) < 4.78 is 10.4. The van der Waals surface area contributed by atoms with Crippen molar-refractivity contribution in [2.45, 2.75) is 0 Å². The van der Waals surface area contributed by atoms with E-state index >= 15 is 0 Å². The van der Waals surface area contributed by atoms with Gasteiger partial charge in [-0.3, -0.25) is 4.79 Å². The number of hydrogen-bond donors (Lipinski definition) is 1. The predicted octanol–water partition coefficient (Wildman–Crippen LogP) is 0.890. The molecule has 1 N–H and O–H groups in total. The lowest BCUT2D eigenvalue weighted by molar-refractivity contribution is -0.130. The summed E-state index contributed by atoms with van der Waals surface area (Å²) in [5.74, 6) is 1.51. The Kier molecular flexibility index (Phi) is 5.27. The zero-order valence-electron chi connectivity index (χ0n) is 12.9. The van der Waals surface area contributed by atoms with Crippen LogP contribution in [0.3, 0.4) is 0 Å². The molecule has 1 fully saturated rings. The first-order chi connectivity index (χ1) is 10.1. The smallest absolute Gasteiger partial charge is 0.241 e. The van der Waals surface area contributed by atoms with Gasteiger partial charge in [-0.1, -0.05) is 0 Å². The van der Waals surface area contributed by atoms with Gasteiger partial charge in [-0.2, -0.15) is 0 Å². The highest BCUT2D eigenvalue weighted by Crippen LogP contribution is 2.25. The van der Waals surface area contributed by atoms with E-state index in [-0.39, 0.29) is 12.5 Å². The topological polar surface area (TPSA) is 54.0 Å². The van der Waals surface area contributed by atoms with Crippen LogP contribution in [0, 0.1) is 0 Å². The zero-order valence-corrected chi connectivity index (χ0v) is 12.9. The molecule has 1 aromatic rings. The van der Waals surface area contributed by atoms with Gasteiger partial charge in [-0.05, 0) is 7.05 Å². The van der Waals surface area contributed by atoms with E-state index in [0.29, 0.717) is 11.5 Å². The van der Waals surface area contributed by atoms with Gasteiger partial charge in [-0.15, -0.1) is 0 Å². The molecule has 2 rings (SSSR count). The fourth-order valence-corrected chi connectivity index (χ4v) is 2.25. The van der Waals surface area contributed by atoms with Crippen molar-refractivity contribution in [3.8, 4) is 11.5 Å². The first-order valence-electron chi connectivity index (χ1n) is 7.05. The van der Waals surface area contributed by atoms with Crippen molar-refractivity contribution in [3.05, 3.63) is 18.2 Å². The molecule has 6 heteroatoms. The highest BCUT2D eigenvalue weighted by Gasteiger charge is 2.18. The SMILES string of the molecule is COc1cc(NCC(=O)N2CCN(C)CC2)cc(OC)c1. The zero-order chi connectivity index (χ0) is 15.2. The standard InChI is InChI=1S/C15H23N3O3/c1-17-4-6-18(7-5-17)15(19)11-16-12-8-13(20-2)10-14(9-12)21-3/h8-10,16H,4-7,11H2,1-3H3. The molecule has 0 spiro atoms. The van der Waals surface area contributed by atoms with Gasteiger partial charge in [-0.25, -0.2) is 0 Å². The third-order valence-corrected chi connectivity index (χ3v) is 3.65. The van der Waals surface area contributed by atoms with Crippen LogP contribution in [0.4, 0.5) is 5.69 Å². The number of likely N-dealkylation sites (N-methyl/N-ethyl adjacent to an activating group) is 1. The van der Waals surface area contributed by atoms with E-state index in [1.54, 1.807) is 20.3 Å². The fourth-order valence-electron chi connectivity index (χ4n) is 2.25. The Morgan fingerprint density at radius 2 is 1.67 bits per heavy atom. The summed E-state index contributed by atoms with van der Waals surface area (Å²) in [5, 5.41) is 3.14. The molecule has 1 heterocycles. The second-order valence-corrected chi connectivity index (χ2v) is 5.14. The van der Waals surface area contributed by atoms with Gasteiger partial charge >= 0.3 is 0 Å². The minimum Gasteiger partial charge on any atom is -0.497 e. The highest BCUT2D eigenvalue weighted by atomic mass is 16.5. The minimum absolute atomic E-state index is 0.116. The molecule has 1 amide bonds. The third-order valence-electron chi connectivity index (χ3n) is 3.65. The summed E-state index contributed by atoms with van der Waals surface area (Å²) >= 11 is 0. The number of anilines is 1. The van der Waals surface area contributed by atoms with E-state index in [1.807, 2.05) is 17.0 Å². The van der Waals surface area contributed by atoms with Crippen LogP contribution in [-0.2, 0) is 4.79 Å². The molecule has 21 heavy (non-hydrogen) atoms. The summed E-state index contributed by atoms with van der Waals surface area (Å²) in [7, 11) is 5.28. The van der Waals surface area contributed by atoms with E-state index in [9.17, 15) is 4.79 Å². The van der Waals surface area contributed by atoms with Crippen LogP contribution in [-0.4, -0.2) is 69.7 Å². The highest BCUT2D eigenvalue weighted by molar-refractivity contribution is 5.81. The van der Waals surface area contributed by atoms with Crippen LogP contribution in [0.25, 0.3) is 0 Å². The molecular weight excluding hydrogens is 270 g/mol. The predicted molar refractivity (Wildman–Crippen MR) is 82.1 cm³/mol. The second-order valence-electron chi connectivity index (χ2n) is 5.14. The molecule has 116 valence electrons. The quantitative estimate of drug-likeness (QED) is 0.874. The van der Waals surface area contributed by atoms with E-state index < -0.39 is 0 Å². The molecule has 0 aliphatic carbocycles. The monoisotopic (exact) mass is 293 g/mol. The first-order valence-corrected chi connectivity index (χ1v) is 7.05. The number of piperazine rings is 1. The van der Waals surface area contributed by atoms with Crippen LogP contribution < -0.4 is 14.8 Å². The van der Waals surface area contributed by atoms with Gasteiger partial charge in [0.1, 0.15) is 11.5 Å². The van der Waals surface area contributed by atoms with E-state index in [2.05, 4.69) is 17.3 Å². The average Bonchev–Trinajstić information content (AvgIpc) is 2.52. The van der Waals surface area contributed by atoms with Crippen molar-refractivity contribution in [2.24, 2.45) is 0 Å². The van der Waals surface area contributed by atoms with Gasteiger partial charge in [0, 0.05) is 50.1 Å². The molecule has 0 saturated carbocycles. The first kappa shape index (κ1) is 15.4. The maximum atomic E-state index is 12.2. The van der Waals surface area contributed by atoms with Crippen LogP contribution in [0.1, 0.15) is 0 Å². The molecular formula is C15H23N3O3. The number of methoxy groups -OCH3 is 2. The van der Waals surface area contributed by atoms with E-state index in [4.69, 9.17) is 9.47 Å². The van der Waals surface area contributed by atoms with Crippen molar-refractivity contribution in [3.63, 3.8) is 0 Å². The van der Waals surface area contributed by atoms with Crippen LogP contribution in [0.15, 0.2) is 18.2 Å². The molecule has 1 saturated heterocycles. The third kappa shape index (κ3) is 4.26.